The molecule has 0 unspecified atom stereocenters. The minimum atomic E-state index is -0.103. The van der Waals surface area contributed by atoms with Crippen LogP contribution in [0.5, 0.6) is 0 Å². The van der Waals surface area contributed by atoms with Crippen LogP contribution in [0.25, 0.3) is 0 Å². The van der Waals surface area contributed by atoms with Crippen molar-refractivity contribution in [2.24, 2.45) is 5.84 Å². The molecule has 1 rings (SSSR count). The highest BCUT2D eigenvalue weighted by atomic mass is 32.2. The van der Waals surface area contributed by atoms with Crippen LogP contribution < -0.4 is 16.6 Å². The number of thioether (sulfide) groups is 1. The second kappa shape index (κ2) is 7.69. The Labute approximate surface area is 126 Å². The van der Waals surface area contributed by atoms with Crippen molar-refractivity contribution in [2.75, 3.05) is 29.3 Å². The van der Waals surface area contributed by atoms with E-state index in [4.69, 9.17) is 5.84 Å². The highest BCUT2D eigenvalue weighted by Gasteiger charge is 2.20. The predicted octanol–water partition coefficient (Wildman–Crippen LogP) is 2.92. The van der Waals surface area contributed by atoms with Gasteiger partial charge in [0.2, 0.25) is 0 Å². The van der Waals surface area contributed by atoms with Gasteiger partial charge in [-0.05, 0) is 31.8 Å². The van der Waals surface area contributed by atoms with E-state index in [1.165, 1.54) is 12.2 Å². The van der Waals surface area contributed by atoms with Gasteiger partial charge in [0.1, 0.15) is 17.5 Å². The number of unbranched alkanes of at least 4 members (excludes halogenated alkanes) is 1. The molecule has 4 N–H and O–H groups in total. The zero-order valence-corrected chi connectivity index (χ0v) is 14.0. The van der Waals surface area contributed by atoms with Crippen molar-refractivity contribution in [1.82, 2.24) is 9.97 Å². The highest BCUT2D eigenvalue weighted by Crippen LogP contribution is 2.25. The third kappa shape index (κ3) is 4.83. The van der Waals surface area contributed by atoms with Gasteiger partial charge in [0.05, 0.1) is 0 Å². The quantitative estimate of drug-likeness (QED) is 0.408. The molecule has 114 valence electrons. The summed E-state index contributed by atoms with van der Waals surface area (Å²) in [6.45, 7) is 9.19. The van der Waals surface area contributed by atoms with Crippen LogP contribution >= 0.6 is 11.8 Å². The molecule has 0 atom stereocenters. The minimum Gasteiger partial charge on any atom is -0.370 e. The molecule has 5 nitrogen and oxygen atoms in total. The fraction of sp³-hybridized carbons (Fsp3) is 0.714. The van der Waals surface area contributed by atoms with Gasteiger partial charge in [0.25, 0.3) is 0 Å². The summed E-state index contributed by atoms with van der Waals surface area (Å²) in [6, 6.07) is 0. The van der Waals surface area contributed by atoms with E-state index >= 15 is 0 Å². The van der Waals surface area contributed by atoms with Crippen molar-refractivity contribution in [3.63, 3.8) is 0 Å². The number of hydrazine groups is 1. The first-order valence-electron chi connectivity index (χ1n) is 6.98. The molecule has 1 aromatic heterocycles. The number of aromatic nitrogens is 2. The summed E-state index contributed by atoms with van der Waals surface area (Å²) in [6.07, 6.45) is 4.49. The normalized spacial score (nSPS) is 11.5. The maximum absolute atomic E-state index is 5.56. The number of anilines is 2. The Hall–Kier alpha value is -1.01. The van der Waals surface area contributed by atoms with Crippen molar-refractivity contribution in [1.29, 1.82) is 0 Å². The van der Waals surface area contributed by atoms with E-state index in [-0.39, 0.29) is 5.41 Å². The molecular weight excluding hydrogens is 270 g/mol. The van der Waals surface area contributed by atoms with Crippen LogP contribution in [-0.4, -0.2) is 28.5 Å². The van der Waals surface area contributed by atoms with Crippen molar-refractivity contribution >= 4 is 23.4 Å². The van der Waals surface area contributed by atoms with Crippen LogP contribution in [0.15, 0.2) is 0 Å². The first-order chi connectivity index (χ1) is 9.40. The molecule has 0 saturated heterocycles. The second-order valence-corrected chi connectivity index (χ2v) is 6.88. The lowest BCUT2D eigenvalue weighted by Crippen LogP contribution is -2.21. The fourth-order valence-electron chi connectivity index (χ4n) is 1.74. The number of rotatable bonds is 7. The second-order valence-electron chi connectivity index (χ2n) is 5.89. The maximum atomic E-state index is 5.56. The Balaban J connectivity index is 2.83. The average Bonchev–Trinajstić information content (AvgIpc) is 2.39. The first kappa shape index (κ1) is 17.0. The van der Waals surface area contributed by atoms with E-state index in [9.17, 15) is 0 Å². The van der Waals surface area contributed by atoms with Crippen molar-refractivity contribution in [3.05, 3.63) is 11.4 Å². The van der Waals surface area contributed by atoms with Crippen molar-refractivity contribution < 1.29 is 0 Å². The predicted molar refractivity (Wildman–Crippen MR) is 89.4 cm³/mol. The van der Waals surface area contributed by atoms with Crippen molar-refractivity contribution in [3.8, 4) is 0 Å². The van der Waals surface area contributed by atoms with Crippen LogP contribution in [0.2, 0.25) is 0 Å². The molecule has 0 bridgehead atoms. The molecule has 1 heterocycles. The zero-order chi connectivity index (χ0) is 15.2. The van der Waals surface area contributed by atoms with Gasteiger partial charge in [-0.1, -0.05) is 20.8 Å². The molecule has 6 heteroatoms. The molecule has 0 radical (unpaired) electrons. The van der Waals surface area contributed by atoms with Gasteiger partial charge in [-0.25, -0.2) is 15.8 Å². The standard InChI is InChI=1S/C14H27N5S/c1-10-11(16-8-6-7-9-20-5)17-13(14(2,3)4)18-12(10)19-15/h6-9,15H2,1-5H3,(H2,16,17,18,19). The van der Waals surface area contributed by atoms with Gasteiger partial charge in [-0.2, -0.15) is 11.8 Å². The van der Waals surface area contributed by atoms with Crippen LogP contribution in [0, 0.1) is 6.92 Å². The Morgan fingerprint density at radius 1 is 1.15 bits per heavy atom. The van der Waals surface area contributed by atoms with Gasteiger partial charge in [-0.15, -0.1) is 0 Å². The smallest absolute Gasteiger partial charge is 0.148 e. The number of hydrogen-bond donors (Lipinski definition) is 3. The summed E-state index contributed by atoms with van der Waals surface area (Å²) in [5.41, 5.74) is 3.53. The Kier molecular flexibility index (Phi) is 6.55. The van der Waals surface area contributed by atoms with Gasteiger partial charge in [-0.3, -0.25) is 0 Å². The largest absolute Gasteiger partial charge is 0.370 e. The summed E-state index contributed by atoms with van der Waals surface area (Å²) in [5.74, 6) is 9.12. The molecule has 0 aliphatic rings. The zero-order valence-electron chi connectivity index (χ0n) is 13.2. The summed E-state index contributed by atoms with van der Waals surface area (Å²) < 4.78 is 0. The molecule has 0 aliphatic carbocycles. The van der Waals surface area contributed by atoms with Crippen LogP contribution in [0.4, 0.5) is 11.6 Å². The molecule has 0 fully saturated rings. The Morgan fingerprint density at radius 2 is 1.80 bits per heavy atom. The van der Waals surface area contributed by atoms with E-state index in [0.717, 1.165) is 30.2 Å². The summed E-state index contributed by atoms with van der Waals surface area (Å²) in [5, 5.41) is 3.40. The summed E-state index contributed by atoms with van der Waals surface area (Å²) >= 11 is 1.88. The lowest BCUT2D eigenvalue weighted by Gasteiger charge is -2.20. The van der Waals surface area contributed by atoms with Crippen LogP contribution in [0.3, 0.4) is 0 Å². The SMILES string of the molecule is CSCCCCNc1nc(C(C)(C)C)nc(NN)c1C. The number of nitrogen functional groups attached to an aromatic ring is 1. The van der Waals surface area contributed by atoms with Gasteiger partial charge in [0.15, 0.2) is 0 Å². The van der Waals surface area contributed by atoms with Crippen LogP contribution in [-0.2, 0) is 5.41 Å². The minimum absolute atomic E-state index is 0.103. The fourth-order valence-corrected chi connectivity index (χ4v) is 2.24. The number of nitrogens with two attached hydrogens (primary N) is 1. The average molecular weight is 297 g/mol. The van der Waals surface area contributed by atoms with Gasteiger partial charge >= 0.3 is 0 Å². The van der Waals surface area contributed by atoms with Gasteiger partial charge in [0, 0.05) is 17.5 Å². The lowest BCUT2D eigenvalue weighted by molar-refractivity contribution is 0.546. The molecule has 0 aromatic carbocycles. The molecule has 0 aliphatic heterocycles. The molecular formula is C14H27N5S. The van der Waals surface area contributed by atoms with E-state index < -0.39 is 0 Å². The molecule has 0 spiro atoms. The monoisotopic (exact) mass is 297 g/mol. The lowest BCUT2D eigenvalue weighted by atomic mass is 9.95. The third-order valence-corrected chi connectivity index (χ3v) is 3.72. The number of hydrogen-bond acceptors (Lipinski definition) is 6. The topological polar surface area (TPSA) is 75.9 Å². The maximum Gasteiger partial charge on any atom is 0.148 e. The van der Waals surface area contributed by atoms with E-state index in [1.54, 1.807) is 0 Å². The summed E-state index contributed by atoms with van der Waals surface area (Å²) in [7, 11) is 0. The molecule has 0 amide bonds. The Morgan fingerprint density at radius 3 is 2.35 bits per heavy atom. The number of nitrogens with one attached hydrogen (secondary N) is 2. The van der Waals surface area contributed by atoms with Gasteiger partial charge < -0.3 is 10.7 Å². The highest BCUT2D eigenvalue weighted by molar-refractivity contribution is 7.98. The first-order valence-corrected chi connectivity index (χ1v) is 8.38. The van der Waals surface area contributed by atoms with Crippen LogP contribution in [0.1, 0.15) is 45.0 Å². The molecule has 0 saturated carbocycles. The molecule has 20 heavy (non-hydrogen) atoms. The van der Waals surface area contributed by atoms with E-state index in [0.29, 0.717) is 5.82 Å². The van der Waals surface area contributed by atoms with E-state index in [2.05, 4.69) is 47.7 Å². The van der Waals surface area contributed by atoms with E-state index in [1.807, 2.05) is 18.7 Å². The number of nitrogens with zero attached hydrogens (tertiary/aromatic N) is 2. The third-order valence-electron chi connectivity index (χ3n) is 3.02. The summed E-state index contributed by atoms with van der Waals surface area (Å²) in [4.78, 5) is 9.14. The molecule has 1 aromatic rings. The van der Waals surface area contributed by atoms with Crippen molar-refractivity contribution in [2.45, 2.75) is 46.0 Å². The Bertz CT molecular complexity index is 428.